The molecule has 2 nitrogen and oxygen atoms in total. The molecule has 0 aliphatic heterocycles. The summed E-state index contributed by atoms with van der Waals surface area (Å²) in [5, 5.41) is 0. The van der Waals surface area contributed by atoms with Crippen LogP contribution in [0.1, 0.15) is 26.3 Å². The lowest BCUT2D eigenvalue weighted by atomic mass is 10.1. The Kier molecular flexibility index (Phi) is 2.94. The SMILES string of the molecule is CC(=O)C(C)(C)Oc1cccc(C)c1. The van der Waals surface area contributed by atoms with E-state index in [1.165, 1.54) is 6.92 Å². The first kappa shape index (κ1) is 10.8. The van der Waals surface area contributed by atoms with E-state index in [2.05, 4.69) is 0 Å². The maximum atomic E-state index is 11.2. The molecule has 0 heterocycles. The molecule has 0 fully saturated rings. The van der Waals surface area contributed by atoms with Crippen molar-refractivity contribution in [2.45, 2.75) is 33.3 Å². The second-order valence-corrected chi connectivity index (χ2v) is 3.99. The summed E-state index contributed by atoms with van der Waals surface area (Å²) in [4.78, 5) is 11.2. The molecule has 0 amide bonds. The number of benzene rings is 1. The molecule has 0 saturated carbocycles. The lowest BCUT2D eigenvalue weighted by Gasteiger charge is -2.23. The lowest BCUT2D eigenvalue weighted by molar-refractivity contribution is -0.129. The topological polar surface area (TPSA) is 26.3 Å². The van der Waals surface area contributed by atoms with Gasteiger partial charge in [-0.1, -0.05) is 12.1 Å². The quantitative estimate of drug-likeness (QED) is 0.736. The Bertz CT molecular complexity index is 340. The number of carbonyl (C=O) groups is 1. The summed E-state index contributed by atoms with van der Waals surface area (Å²) in [6.07, 6.45) is 0. The average Bonchev–Trinajstić information content (AvgIpc) is 2.02. The number of Topliss-reactive ketones (excluding diaryl/α,β-unsaturated/α-hetero) is 1. The molecule has 0 spiro atoms. The summed E-state index contributed by atoms with van der Waals surface area (Å²) in [6.45, 7) is 7.08. The zero-order valence-electron chi connectivity index (χ0n) is 9.13. The second kappa shape index (κ2) is 3.82. The van der Waals surface area contributed by atoms with Gasteiger partial charge in [-0.2, -0.15) is 0 Å². The van der Waals surface area contributed by atoms with Crippen LogP contribution in [0.15, 0.2) is 24.3 Å². The van der Waals surface area contributed by atoms with Gasteiger partial charge in [0.25, 0.3) is 0 Å². The minimum absolute atomic E-state index is 0.0269. The molecule has 0 aliphatic rings. The second-order valence-electron chi connectivity index (χ2n) is 3.99. The van der Waals surface area contributed by atoms with Gasteiger partial charge in [0.1, 0.15) is 5.75 Å². The summed E-state index contributed by atoms with van der Waals surface area (Å²) in [5.41, 5.74) is 0.384. The molecule has 2 heteroatoms. The first-order valence-electron chi connectivity index (χ1n) is 4.68. The van der Waals surface area contributed by atoms with Crippen LogP contribution >= 0.6 is 0 Å². The average molecular weight is 192 g/mol. The third-order valence-corrected chi connectivity index (χ3v) is 2.21. The fraction of sp³-hybridized carbons (Fsp3) is 0.417. The van der Waals surface area contributed by atoms with Crippen LogP contribution in [0.3, 0.4) is 0 Å². The molecule has 0 saturated heterocycles. The van der Waals surface area contributed by atoms with Crippen LogP contribution in [-0.2, 0) is 4.79 Å². The molecule has 76 valence electrons. The Labute approximate surface area is 84.9 Å². The van der Waals surface area contributed by atoms with Gasteiger partial charge in [-0.3, -0.25) is 4.79 Å². The predicted molar refractivity (Wildman–Crippen MR) is 56.6 cm³/mol. The Morgan fingerprint density at radius 3 is 2.50 bits per heavy atom. The Hall–Kier alpha value is -1.31. The number of rotatable bonds is 3. The Morgan fingerprint density at radius 2 is 2.00 bits per heavy atom. The van der Waals surface area contributed by atoms with Gasteiger partial charge < -0.3 is 4.74 Å². The molecule has 0 unspecified atom stereocenters. The number of carbonyl (C=O) groups excluding carboxylic acids is 1. The van der Waals surface area contributed by atoms with Crippen molar-refractivity contribution >= 4 is 5.78 Å². The van der Waals surface area contributed by atoms with Gasteiger partial charge in [-0.15, -0.1) is 0 Å². The van der Waals surface area contributed by atoms with Crippen molar-refractivity contribution in [3.8, 4) is 5.75 Å². The molecule has 1 aromatic rings. The molecule has 0 N–H and O–H groups in total. The van der Waals surface area contributed by atoms with E-state index in [0.717, 1.165) is 11.3 Å². The van der Waals surface area contributed by atoms with Crippen molar-refractivity contribution < 1.29 is 9.53 Å². The van der Waals surface area contributed by atoms with Crippen LogP contribution < -0.4 is 4.74 Å². The van der Waals surface area contributed by atoms with E-state index in [1.807, 2.05) is 31.2 Å². The lowest BCUT2D eigenvalue weighted by Crippen LogP contribution is -2.36. The summed E-state index contributed by atoms with van der Waals surface area (Å²) in [5.74, 6) is 0.768. The zero-order valence-corrected chi connectivity index (χ0v) is 9.13. The maximum absolute atomic E-state index is 11.2. The standard InChI is InChI=1S/C12H16O2/c1-9-6-5-7-11(8-9)14-12(3,4)10(2)13/h5-8H,1-4H3. The molecule has 0 bridgehead atoms. The molecule has 0 radical (unpaired) electrons. The van der Waals surface area contributed by atoms with Crippen LogP contribution in [0.4, 0.5) is 0 Å². The molecule has 0 aromatic heterocycles. The number of hydrogen-bond donors (Lipinski definition) is 0. The molecular formula is C12H16O2. The number of hydrogen-bond acceptors (Lipinski definition) is 2. The monoisotopic (exact) mass is 192 g/mol. The van der Waals surface area contributed by atoms with Gasteiger partial charge in [0.15, 0.2) is 11.4 Å². The first-order chi connectivity index (χ1) is 6.42. The molecular weight excluding hydrogens is 176 g/mol. The fourth-order valence-corrected chi connectivity index (χ4v) is 1.05. The molecule has 1 aromatic carbocycles. The highest BCUT2D eigenvalue weighted by molar-refractivity contribution is 5.84. The van der Waals surface area contributed by atoms with Gasteiger partial charge in [-0.05, 0) is 45.4 Å². The third kappa shape index (κ3) is 2.59. The van der Waals surface area contributed by atoms with Crippen LogP contribution in [-0.4, -0.2) is 11.4 Å². The van der Waals surface area contributed by atoms with E-state index in [-0.39, 0.29) is 5.78 Å². The van der Waals surface area contributed by atoms with E-state index in [0.29, 0.717) is 0 Å². The number of aryl methyl sites for hydroxylation is 1. The first-order valence-corrected chi connectivity index (χ1v) is 4.68. The summed E-state index contributed by atoms with van der Waals surface area (Å²) >= 11 is 0. The van der Waals surface area contributed by atoms with Crippen LogP contribution in [0.25, 0.3) is 0 Å². The van der Waals surface area contributed by atoms with Crippen LogP contribution in [0, 0.1) is 6.92 Å². The molecule has 0 atom stereocenters. The Balaban J connectivity index is 2.83. The van der Waals surface area contributed by atoms with Crippen molar-refractivity contribution in [2.75, 3.05) is 0 Å². The van der Waals surface area contributed by atoms with E-state index in [4.69, 9.17) is 4.74 Å². The maximum Gasteiger partial charge on any atom is 0.172 e. The van der Waals surface area contributed by atoms with Gasteiger partial charge in [0.05, 0.1) is 0 Å². The van der Waals surface area contributed by atoms with Crippen molar-refractivity contribution in [2.24, 2.45) is 0 Å². The zero-order chi connectivity index (χ0) is 10.8. The summed E-state index contributed by atoms with van der Waals surface area (Å²) < 4.78 is 5.59. The van der Waals surface area contributed by atoms with E-state index in [9.17, 15) is 4.79 Å². The van der Waals surface area contributed by atoms with E-state index < -0.39 is 5.60 Å². The largest absolute Gasteiger partial charge is 0.480 e. The molecule has 1 rings (SSSR count). The smallest absolute Gasteiger partial charge is 0.172 e. The summed E-state index contributed by atoms with van der Waals surface area (Å²) in [7, 11) is 0. The van der Waals surface area contributed by atoms with Crippen molar-refractivity contribution in [3.63, 3.8) is 0 Å². The van der Waals surface area contributed by atoms with Crippen LogP contribution in [0.5, 0.6) is 5.75 Å². The fourth-order valence-electron chi connectivity index (χ4n) is 1.05. The van der Waals surface area contributed by atoms with E-state index in [1.54, 1.807) is 13.8 Å². The predicted octanol–water partition coefficient (Wildman–Crippen LogP) is 2.74. The third-order valence-electron chi connectivity index (χ3n) is 2.21. The number of ether oxygens (including phenoxy) is 1. The van der Waals surface area contributed by atoms with Gasteiger partial charge in [0, 0.05) is 0 Å². The van der Waals surface area contributed by atoms with Crippen molar-refractivity contribution in [1.82, 2.24) is 0 Å². The van der Waals surface area contributed by atoms with Gasteiger partial charge in [0.2, 0.25) is 0 Å². The highest BCUT2D eigenvalue weighted by Crippen LogP contribution is 2.19. The highest BCUT2D eigenvalue weighted by Gasteiger charge is 2.25. The van der Waals surface area contributed by atoms with Crippen LogP contribution in [0.2, 0.25) is 0 Å². The minimum Gasteiger partial charge on any atom is -0.480 e. The Morgan fingerprint density at radius 1 is 1.36 bits per heavy atom. The number of ketones is 1. The highest BCUT2D eigenvalue weighted by atomic mass is 16.5. The van der Waals surface area contributed by atoms with E-state index >= 15 is 0 Å². The van der Waals surface area contributed by atoms with Gasteiger partial charge in [-0.25, -0.2) is 0 Å². The van der Waals surface area contributed by atoms with Crippen molar-refractivity contribution in [3.05, 3.63) is 29.8 Å². The minimum atomic E-state index is -0.742. The molecule has 14 heavy (non-hydrogen) atoms. The summed E-state index contributed by atoms with van der Waals surface area (Å²) in [6, 6.07) is 7.69. The van der Waals surface area contributed by atoms with Crippen molar-refractivity contribution in [1.29, 1.82) is 0 Å². The van der Waals surface area contributed by atoms with Gasteiger partial charge >= 0.3 is 0 Å². The molecule has 0 aliphatic carbocycles. The normalized spacial score (nSPS) is 11.1.